The van der Waals surface area contributed by atoms with Gasteiger partial charge in [0, 0.05) is 11.3 Å². The number of rotatable bonds is 3. The largest absolute Gasteiger partial charge is 0.507 e. The van der Waals surface area contributed by atoms with Crippen LogP contribution in [0.4, 0.5) is 5.69 Å². The average molecular weight is 397 g/mol. The van der Waals surface area contributed by atoms with E-state index in [0.29, 0.717) is 20.4 Å². The van der Waals surface area contributed by atoms with Gasteiger partial charge in [-0.15, -0.1) is 0 Å². The number of methoxy groups -OCH3 is 1. The van der Waals surface area contributed by atoms with E-state index in [2.05, 4.69) is 10.1 Å². The molecule has 0 heterocycles. The Morgan fingerprint density at radius 1 is 1.10 bits per heavy atom. The first kappa shape index (κ1) is 15.3. The van der Waals surface area contributed by atoms with Crippen LogP contribution in [0.3, 0.4) is 0 Å². The zero-order valence-electron chi connectivity index (χ0n) is 11.1. The second-order valence-electron chi connectivity index (χ2n) is 4.19. The van der Waals surface area contributed by atoms with Crippen LogP contribution in [-0.4, -0.2) is 24.1 Å². The standard InChI is InChI=1S/C15H12INO4/c1-21-15(20)9-2-5-11(6-3-9)17-14(19)10-4-7-12(16)13(18)8-10/h2-8,18H,1H3,(H,17,19). The molecule has 1 amide bonds. The van der Waals surface area contributed by atoms with E-state index in [-0.39, 0.29) is 11.7 Å². The second-order valence-corrected chi connectivity index (χ2v) is 5.35. The third-order valence-electron chi connectivity index (χ3n) is 2.77. The van der Waals surface area contributed by atoms with Crippen LogP contribution in [0, 0.1) is 3.57 Å². The van der Waals surface area contributed by atoms with Gasteiger partial charge >= 0.3 is 5.97 Å². The molecule has 0 radical (unpaired) electrons. The lowest BCUT2D eigenvalue weighted by Gasteiger charge is -2.07. The first-order chi connectivity index (χ1) is 10.0. The van der Waals surface area contributed by atoms with Crippen molar-refractivity contribution in [3.63, 3.8) is 0 Å². The Morgan fingerprint density at radius 2 is 1.71 bits per heavy atom. The molecule has 2 aromatic rings. The van der Waals surface area contributed by atoms with Crippen LogP contribution in [0.25, 0.3) is 0 Å². The van der Waals surface area contributed by atoms with Gasteiger partial charge in [-0.25, -0.2) is 4.79 Å². The first-order valence-corrected chi connectivity index (χ1v) is 7.07. The Balaban J connectivity index is 2.12. The number of carbonyl (C=O) groups is 2. The molecule has 0 aliphatic rings. The summed E-state index contributed by atoms with van der Waals surface area (Å²) in [6.45, 7) is 0. The van der Waals surface area contributed by atoms with E-state index in [9.17, 15) is 14.7 Å². The van der Waals surface area contributed by atoms with Gasteiger partial charge in [0.25, 0.3) is 5.91 Å². The SMILES string of the molecule is COC(=O)c1ccc(NC(=O)c2ccc(I)c(O)c2)cc1. The molecule has 0 fully saturated rings. The first-order valence-electron chi connectivity index (χ1n) is 5.99. The highest BCUT2D eigenvalue weighted by Gasteiger charge is 2.09. The lowest BCUT2D eigenvalue weighted by atomic mass is 10.1. The minimum atomic E-state index is -0.435. The maximum Gasteiger partial charge on any atom is 0.337 e. The van der Waals surface area contributed by atoms with Gasteiger partial charge in [-0.3, -0.25) is 4.79 Å². The predicted molar refractivity (Wildman–Crippen MR) is 86.6 cm³/mol. The number of hydrogen-bond donors (Lipinski definition) is 2. The highest BCUT2D eigenvalue weighted by molar-refractivity contribution is 14.1. The van der Waals surface area contributed by atoms with E-state index in [4.69, 9.17) is 0 Å². The van der Waals surface area contributed by atoms with Gasteiger partial charge in [-0.05, 0) is 65.1 Å². The van der Waals surface area contributed by atoms with Gasteiger partial charge in [-0.1, -0.05) is 0 Å². The Hall–Kier alpha value is -2.09. The van der Waals surface area contributed by atoms with Crippen molar-refractivity contribution in [1.29, 1.82) is 0 Å². The molecule has 0 aliphatic heterocycles. The third-order valence-corrected chi connectivity index (χ3v) is 3.68. The van der Waals surface area contributed by atoms with Gasteiger partial charge < -0.3 is 15.2 Å². The van der Waals surface area contributed by atoms with Crippen LogP contribution in [0.5, 0.6) is 5.75 Å². The van der Waals surface area contributed by atoms with Crippen molar-refractivity contribution in [2.24, 2.45) is 0 Å². The summed E-state index contributed by atoms with van der Waals surface area (Å²) in [4.78, 5) is 23.3. The highest BCUT2D eigenvalue weighted by Crippen LogP contribution is 2.21. The van der Waals surface area contributed by atoms with Crippen LogP contribution in [0.1, 0.15) is 20.7 Å². The quantitative estimate of drug-likeness (QED) is 0.617. The van der Waals surface area contributed by atoms with Gasteiger partial charge in [0.2, 0.25) is 0 Å². The molecular weight excluding hydrogens is 385 g/mol. The number of phenols is 1. The number of amides is 1. The lowest BCUT2D eigenvalue weighted by molar-refractivity contribution is 0.0600. The molecule has 0 unspecified atom stereocenters. The molecule has 2 aromatic carbocycles. The van der Waals surface area contributed by atoms with Crippen molar-refractivity contribution in [2.75, 3.05) is 12.4 Å². The van der Waals surface area contributed by atoms with Crippen molar-refractivity contribution < 1.29 is 19.4 Å². The van der Waals surface area contributed by atoms with Crippen LogP contribution in [0.2, 0.25) is 0 Å². The van der Waals surface area contributed by atoms with Gasteiger partial charge in [0.1, 0.15) is 5.75 Å². The molecule has 0 saturated carbocycles. The number of aromatic hydroxyl groups is 1. The number of anilines is 1. The Kier molecular flexibility index (Phi) is 4.79. The molecule has 0 aromatic heterocycles. The summed E-state index contributed by atoms with van der Waals surface area (Å²) in [5.74, 6) is -0.716. The number of carbonyl (C=O) groups excluding carboxylic acids is 2. The minimum absolute atomic E-state index is 0.0595. The topological polar surface area (TPSA) is 75.6 Å². The van der Waals surface area contributed by atoms with Crippen molar-refractivity contribution in [3.05, 3.63) is 57.2 Å². The monoisotopic (exact) mass is 397 g/mol. The smallest absolute Gasteiger partial charge is 0.337 e. The number of halogens is 1. The maximum atomic E-state index is 12.0. The zero-order chi connectivity index (χ0) is 15.4. The average Bonchev–Trinajstić information content (AvgIpc) is 2.50. The number of ether oxygens (including phenoxy) is 1. The van der Waals surface area contributed by atoms with E-state index in [1.807, 2.05) is 22.6 Å². The summed E-state index contributed by atoms with van der Waals surface area (Å²) in [5, 5.41) is 12.3. The minimum Gasteiger partial charge on any atom is -0.507 e. The fraction of sp³-hybridized carbons (Fsp3) is 0.0667. The normalized spacial score (nSPS) is 10.0. The van der Waals surface area contributed by atoms with E-state index < -0.39 is 5.97 Å². The van der Waals surface area contributed by atoms with Gasteiger partial charge in [-0.2, -0.15) is 0 Å². The molecule has 0 aliphatic carbocycles. The molecule has 0 spiro atoms. The summed E-state index contributed by atoms with van der Waals surface area (Å²) in [6, 6.07) is 11.0. The van der Waals surface area contributed by atoms with Crippen molar-refractivity contribution in [3.8, 4) is 5.75 Å². The van der Waals surface area contributed by atoms with E-state index in [0.717, 1.165) is 0 Å². The van der Waals surface area contributed by atoms with Crippen LogP contribution < -0.4 is 5.32 Å². The summed E-state index contributed by atoms with van der Waals surface area (Å²) < 4.78 is 5.27. The molecule has 0 bridgehead atoms. The van der Waals surface area contributed by atoms with E-state index in [1.165, 1.54) is 13.2 Å². The van der Waals surface area contributed by atoms with Crippen LogP contribution >= 0.6 is 22.6 Å². The molecule has 5 nitrogen and oxygen atoms in total. The summed E-state index contributed by atoms with van der Waals surface area (Å²) in [7, 11) is 1.31. The Labute approximate surface area is 135 Å². The maximum absolute atomic E-state index is 12.0. The number of esters is 1. The number of hydrogen-bond acceptors (Lipinski definition) is 4. The molecule has 0 atom stereocenters. The number of benzene rings is 2. The summed E-state index contributed by atoms with van der Waals surface area (Å²) in [5.41, 5.74) is 1.30. The summed E-state index contributed by atoms with van der Waals surface area (Å²) in [6.07, 6.45) is 0. The molecule has 6 heteroatoms. The fourth-order valence-corrected chi connectivity index (χ4v) is 2.00. The predicted octanol–water partition coefficient (Wildman–Crippen LogP) is 3.04. The number of nitrogens with one attached hydrogen (secondary N) is 1. The van der Waals surface area contributed by atoms with Crippen molar-refractivity contribution >= 4 is 40.2 Å². The molecule has 0 saturated heterocycles. The fourth-order valence-electron chi connectivity index (χ4n) is 1.66. The van der Waals surface area contributed by atoms with Gasteiger partial charge in [0.15, 0.2) is 0 Å². The van der Waals surface area contributed by atoms with Crippen LogP contribution in [-0.2, 0) is 4.74 Å². The highest BCUT2D eigenvalue weighted by atomic mass is 127. The van der Waals surface area contributed by atoms with Crippen molar-refractivity contribution in [2.45, 2.75) is 0 Å². The lowest BCUT2D eigenvalue weighted by Crippen LogP contribution is -2.12. The second kappa shape index (κ2) is 6.57. The van der Waals surface area contributed by atoms with Crippen LogP contribution in [0.15, 0.2) is 42.5 Å². The molecule has 108 valence electrons. The van der Waals surface area contributed by atoms with E-state index >= 15 is 0 Å². The number of phenolic OH excluding ortho intramolecular Hbond substituents is 1. The molecule has 21 heavy (non-hydrogen) atoms. The Morgan fingerprint density at radius 3 is 2.29 bits per heavy atom. The zero-order valence-corrected chi connectivity index (χ0v) is 13.2. The Bertz CT molecular complexity index is 683. The van der Waals surface area contributed by atoms with Gasteiger partial charge in [0.05, 0.1) is 16.2 Å². The molecular formula is C15H12INO4. The van der Waals surface area contributed by atoms with Crippen molar-refractivity contribution in [1.82, 2.24) is 0 Å². The molecule has 2 rings (SSSR count). The molecule has 2 N–H and O–H groups in total. The third kappa shape index (κ3) is 3.72. The summed E-state index contributed by atoms with van der Waals surface area (Å²) >= 11 is 1.98. The van der Waals surface area contributed by atoms with E-state index in [1.54, 1.807) is 36.4 Å².